The van der Waals surface area contributed by atoms with E-state index in [1.165, 1.54) is 11.1 Å². The Balaban J connectivity index is 1.40. The minimum absolute atomic E-state index is 0.0894. The molecule has 1 aliphatic rings. The largest absolute Gasteiger partial charge is 0.290 e. The van der Waals surface area contributed by atoms with E-state index < -0.39 is 10.0 Å². The lowest BCUT2D eigenvalue weighted by Crippen LogP contribution is -2.49. The first-order valence-corrected chi connectivity index (χ1v) is 13.4. The van der Waals surface area contributed by atoms with Crippen molar-refractivity contribution in [1.82, 2.24) is 19.0 Å². The lowest BCUT2D eigenvalue weighted by Gasteiger charge is -2.39. The van der Waals surface area contributed by atoms with Gasteiger partial charge in [0.2, 0.25) is 10.0 Å². The molecule has 0 radical (unpaired) electrons. The summed E-state index contributed by atoms with van der Waals surface area (Å²) in [6.07, 6.45) is 0. The molecule has 5 rings (SSSR count). The Morgan fingerprint density at radius 1 is 0.714 bits per heavy atom. The highest BCUT2D eigenvalue weighted by atomic mass is 32.2. The predicted molar refractivity (Wildman–Crippen MR) is 138 cm³/mol. The van der Waals surface area contributed by atoms with Gasteiger partial charge in [-0.15, -0.1) is 0 Å². The molecule has 1 aliphatic heterocycles. The highest BCUT2D eigenvalue weighted by molar-refractivity contribution is 7.89. The van der Waals surface area contributed by atoms with Crippen LogP contribution >= 0.6 is 0 Å². The third-order valence-corrected chi connectivity index (χ3v) is 8.84. The van der Waals surface area contributed by atoms with Crippen LogP contribution in [-0.2, 0) is 10.0 Å². The van der Waals surface area contributed by atoms with Gasteiger partial charge in [-0.05, 0) is 37.1 Å². The third-order valence-electron chi connectivity index (χ3n) is 6.69. The maximum absolute atomic E-state index is 13.7. The number of aromatic nitrogens is 2. The van der Waals surface area contributed by atoms with Gasteiger partial charge in [0, 0.05) is 26.2 Å². The number of sulfonamides is 1. The van der Waals surface area contributed by atoms with E-state index in [4.69, 9.17) is 0 Å². The Labute approximate surface area is 207 Å². The van der Waals surface area contributed by atoms with Crippen molar-refractivity contribution in [3.8, 4) is 5.69 Å². The topological polar surface area (TPSA) is 58.4 Å². The highest BCUT2D eigenvalue weighted by Gasteiger charge is 2.35. The van der Waals surface area contributed by atoms with Crippen molar-refractivity contribution in [3.63, 3.8) is 0 Å². The predicted octanol–water partition coefficient (Wildman–Crippen LogP) is 4.59. The summed E-state index contributed by atoms with van der Waals surface area (Å²) in [4.78, 5) is 2.70. The van der Waals surface area contributed by atoms with Crippen molar-refractivity contribution in [1.29, 1.82) is 0 Å². The molecule has 0 aliphatic carbocycles. The first kappa shape index (κ1) is 23.5. The molecule has 1 saturated heterocycles. The first-order chi connectivity index (χ1) is 17.0. The van der Waals surface area contributed by atoms with Crippen LogP contribution in [0.25, 0.3) is 5.69 Å². The average molecular weight is 487 g/mol. The number of rotatable bonds is 6. The summed E-state index contributed by atoms with van der Waals surface area (Å²) in [6, 6.07) is 30.6. The monoisotopic (exact) mass is 486 g/mol. The molecule has 7 heteroatoms. The van der Waals surface area contributed by atoms with Gasteiger partial charge in [-0.25, -0.2) is 13.1 Å². The van der Waals surface area contributed by atoms with Crippen LogP contribution in [0.4, 0.5) is 0 Å². The molecule has 35 heavy (non-hydrogen) atoms. The minimum atomic E-state index is -3.67. The second-order valence-electron chi connectivity index (χ2n) is 8.91. The minimum Gasteiger partial charge on any atom is -0.290 e. The number of hydrogen-bond acceptors (Lipinski definition) is 4. The van der Waals surface area contributed by atoms with Gasteiger partial charge in [0.1, 0.15) is 4.90 Å². The normalized spacial score (nSPS) is 15.5. The number of benzene rings is 3. The van der Waals surface area contributed by atoms with Crippen LogP contribution < -0.4 is 0 Å². The molecule has 0 N–H and O–H groups in total. The lowest BCUT2D eigenvalue weighted by molar-refractivity contribution is 0.155. The van der Waals surface area contributed by atoms with Crippen LogP contribution in [0.5, 0.6) is 0 Å². The van der Waals surface area contributed by atoms with Crippen LogP contribution in [0.3, 0.4) is 0 Å². The zero-order valence-electron chi connectivity index (χ0n) is 20.1. The van der Waals surface area contributed by atoms with Crippen LogP contribution in [0, 0.1) is 13.8 Å². The molecule has 1 fully saturated rings. The van der Waals surface area contributed by atoms with Gasteiger partial charge in [-0.2, -0.15) is 9.40 Å². The van der Waals surface area contributed by atoms with E-state index in [-0.39, 0.29) is 6.04 Å². The van der Waals surface area contributed by atoms with Gasteiger partial charge < -0.3 is 0 Å². The van der Waals surface area contributed by atoms with Gasteiger partial charge in [-0.1, -0.05) is 78.9 Å². The van der Waals surface area contributed by atoms with Crippen LogP contribution in [0.15, 0.2) is 95.9 Å². The van der Waals surface area contributed by atoms with Crippen molar-refractivity contribution in [3.05, 3.63) is 114 Å². The Morgan fingerprint density at radius 2 is 1.20 bits per heavy atom. The van der Waals surface area contributed by atoms with Crippen LogP contribution in [0.2, 0.25) is 0 Å². The molecule has 1 aromatic heterocycles. The highest BCUT2D eigenvalue weighted by Crippen LogP contribution is 2.31. The molecule has 0 unspecified atom stereocenters. The Kier molecular flexibility index (Phi) is 6.56. The fourth-order valence-electron chi connectivity index (χ4n) is 5.04. The lowest BCUT2D eigenvalue weighted by atomic mass is 9.96. The van der Waals surface area contributed by atoms with Crippen molar-refractivity contribution < 1.29 is 8.42 Å². The van der Waals surface area contributed by atoms with E-state index in [0.717, 1.165) is 5.69 Å². The van der Waals surface area contributed by atoms with E-state index in [1.54, 1.807) is 15.9 Å². The van der Waals surface area contributed by atoms with Crippen LogP contribution in [-0.4, -0.2) is 53.6 Å². The van der Waals surface area contributed by atoms with Crippen LogP contribution in [0.1, 0.15) is 28.6 Å². The molecule has 0 amide bonds. The zero-order chi connectivity index (χ0) is 24.4. The van der Waals surface area contributed by atoms with Gasteiger partial charge in [-0.3, -0.25) is 4.90 Å². The second-order valence-corrected chi connectivity index (χ2v) is 10.8. The number of nitrogens with zero attached hydrogens (tertiary/aromatic N) is 4. The SMILES string of the molecule is Cc1nn(-c2ccccc2)c(C)c1S(=O)(=O)N1CCN(C(c2ccccc2)c2ccccc2)CC1. The Hall–Kier alpha value is -3.26. The molecule has 0 bridgehead atoms. The molecule has 6 nitrogen and oxygen atoms in total. The fraction of sp³-hybridized carbons (Fsp3) is 0.250. The van der Waals surface area contributed by atoms with Gasteiger partial charge in [0.25, 0.3) is 0 Å². The van der Waals surface area contributed by atoms with Crippen molar-refractivity contribution >= 4 is 10.0 Å². The van der Waals surface area contributed by atoms with Gasteiger partial charge >= 0.3 is 0 Å². The third kappa shape index (κ3) is 4.55. The Morgan fingerprint density at radius 3 is 1.71 bits per heavy atom. The van der Waals surface area contributed by atoms with Gasteiger partial charge in [0.15, 0.2) is 0 Å². The van der Waals surface area contributed by atoms with Crippen molar-refractivity contribution in [2.24, 2.45) is 0 Å². The summed E-state index contributed by atoms with van der Waals surface area (Å²) in [6.45, 7) is 5.78. The first-order valence-electron chi connectivity index (χ1n) is 11.9. The van der Waals surface area contributed by atoms with E-state index >= 15 is 0 Å². The number of aryl methyl sites for hydroxylation is 1. The molecule has 0 atom stereocenters. The number of para-hydroxylation sites is 1. The summed E-state index contributed by atoms with van der Waals surface area (Å²) in [5, 5.41) is 4.56. The quantitative estimate of drug-likeness (QED) is 0.400. The van der Waals surface area contributed by atoms with E-state index in [2.05, 4.69) is 58.5 Å². The maximum atomic E-state index is 13.7. The molecule has 180 valence electrons. The zero-order valence-corrected chi connectivity index (χ0v) is 20.9. The second kappa shape index (κ2) is 9.77. The summed E-state index contributed by atoms with van der Waals surface area (Å²) in [5.74, 6) is 0. The van der Waals surface area contributed by atoms with Crippen molar-refractivity contribution in [2.45, 2.75) is 24.8 Å². The number of hydrogen-bond donors (Lipinski definition) is 0. The van der Waals surface area contributed by atoms with Gasteiger partial charge in [0.05, 0.1) is 23.1 Å². The average Bonchev–Trinajstić information content (AvgIpc) is 3.20. The van der Waals surface area contributed by atoms with E-state index in [1.807, 2.05) is 49.4 Å². The molecular weight excluding hydrogens is 456 g/mol. The number of piperazine rings is 1. The fourth-order valence-corrected chi connectivity index (χ4v) is 6.81. The maximum Gasteiger partial charge on any atom is 0.246 e. The summed E-state index contributed by atoms with van der Waals surface area (Å²) >= 11 is 0. The summed E-state index contributed by atoms with van der Waals surface area (Å²) < 4.78 is 30.8. The molecule has 3 aromatic carbocycles. The standard InChI is InChI=1S/C28H30N4O2S/c1-22-28(23(2)32(29-22)26-16-10-5-11-17-26)35(33,34)31-20-18-30(19-21-31)27(24-12-6-3-7-13-24)25-14-8-4-9-15-25/h3-17,27H,18-21H2,1-2H3. The molecule has 0 saturated carbocycles. The summed E-state index contributed by atoms with van der Waals surface area (Å²) in [5.41, 5.74) is 4.45. The van der Waals surface area contributed by atoms with E-state index in [9.17, 15) is 8.42 Å². The Bertz CT molecular complexity index is 1340. The van der Waals surface area contributed by atoms with Crippen molar-refractivity contribution in [2.75, 3.05) is 26.2 Å². The molecule has 2 heterocycles. The molecule has 4 aromatic rings. The smallest absolute Gasteiger partial charge is 0.246 e. The molecular formula is C28H30N4O2S. The summed E-state index contributed by atoms with van der Waals surface area (Å²) in [7, 11) is -3.67. The molecule has 0 spiro atoms. The van der Waals surface area contributed by atoms with E-state index in [0.29, 0.717) is 42.5 Å².